The van der Waals surface area contributed by atoms with Crippen molar-refractivity contribution < 1.29 is 9.72 Å². The average molecular weight is 312 g/mol. The monoisotopic (exact) mass is 312 g/mol. The molecule has 23 heavy (non-hydrogen) atoms. The fourth-order valence-electron chi connectivity index (χ4n) is 2.30. The van der Waals surface area contributed by atoms with Crippen LogP contribution in [0.4, 0.5) is 11.4 Å². The van der Waals surface area contributed by atoms with Crippen molar-refractivity contribution in [2.24, 2.45) is 5.92 Å². The van der Waals surface area contributed by atoms with E-state index < -0.39 is 4.92 Å². The Kier molecular flexibility index (Phi) is 5.46. The molecule has 0 atom stereocenters. The lowest BCUT2D eigenvalue weighted by atomic mass is 10.0. The van der Waals surface area contributed by atoms with Gasteiger partial charge in [0.05, 0.1) is 4.92 Å². The lowest BCUT2D eigenvalue weighted by Gasteiger charge is -2.13. The van der Waals surface area contributed by atoms with Crippen LogP contribution in [0.5, 0.6) is 0 Å². The first kappa shape index (κ1) is 16.7. The number of nitro groups is 1. The van der Waals surface area contributed by atoms with Gasteiger partial charge in [0.25, 0.3) is 5.69 Å². The predicted molar refractivity (Wildman–Crippen MR) is 90.9 cm³/mol. The molecule has 0 fully saturated rings. The number of para-hydroxylation sites is 1. The number of anilines is 1. The van der Waals surface area contributed by atoms with Gasteiger partial charge in [0.2, 0.25) is 0 Å². The second-order valence-electron chi connectivity index (χ2n) is 5.81. The molecule has 5 heteroatoms. The topological polar surface area (TPSA) is 72.2 Å². The van der Waals surface area contributed by atoms with E-state index in [0.717, 1.165) is 0 Å². The fourth-order valence-corrected chi connectivity index (χ4v) is 2.30. The number of carbonyl (C=O) groups is 1. The van der Waals surface area contributed by atoms with Gasteiger partial charge in [-0.3, -0.25) is 14.9 Å². The van der Waals surface area contributed by atoms with Crippen LogP contribution in [0.2, 0.25) is 0 Å². The standard InChI is InChI=1S/C18H20N2O3/c1-13(2)12-19-18-15(9-6-10-16(18)20(22)23)11-17(21)14-7-4-3-5-8-14/h3-10,13,19H,11-12H2,1-2H3. The van der Waals surface area contributed by atoms with Crippen LogP contribution in [-0.4, -0.2) is 17.3 Å². The van der Waals surface area contributed by atoms with Crippen molar-refractivity contribution in [2.75, 3.05) is 11.9 Å². The molecule has 0 amide bonds. The molecule has 2 aromatic carbocycles. The van der Waals surface area contributed by atoms with Crippen LogP contribution in [-0.2, 0) is 6.42 Å². The zero-order chi connectivity index (χ0) is 16.8. The van der Waals surface area contributed by atoms with Gasteiger partial charge >= 0.3 is 0 Å². The van der Waals surface area contributed by atoms with Gasteiger partial charge in [0.15, 0.2) is 5.78 Å². The Labute approximate surface area is 135 Å². The van der Waals surface area contributed by atoms with Crippen LogP contribution in [0.1, 0.15) is 29.8 Å². The third-order valence-electron chi connectivity index (χ3n) is 3.46. The van der Waals surface area contributed by atoms with E-state index in [4.69, 9.17) is 0 Å². The number of carbonyl (C=O) groups excluding carboxylic acids is 1. The van der Waals surface area contributed by atoms with Crippen molar-refractivity contribution in [1.29, 1.82) is 0 Å². The van der Waals surface area contributed by atoms with E-state index in [2.05, 4.69) is 5.32 Å². The number of ketones is 1. The first-order chi connectivity index (χ1) is 11.0. The van der Waals surface area contributed by atoms with E-state index in [-0.39, 0.29) is 17.9 Å². The predicted octanol–water partition coefficient (Wildman–Crippen LogP) is 4.09. The highest BCUT2D eigenvalue weighted by Crippen LogP contribution is 2.29. The van der Waals surface area contributed by atoms with Gasteiger partial charge in [-0.05, 0) is 11.5 Å². The molecular weight excluding hydrogens is 292 g/mol. The molecule has 0 aromatic heterocycles. The molecule has 0 saturated heterocycles. The van der Waals surface area contributed by atoms with Crippen molar-refractivity contribution in [3.05, 3.63) is 69.8 Å². The van der Waals surface area contributed by atoms with Gasteiger partial charge < -0.3 is 5.32 Å². The largest absolute Gasteiger partial charge is 0.379 e. The average Bonchev–Trinajstić information content (AvgIpc) is 2.54. The Hall–Kier alpha value is -2.69. The highest BCUT2D eigenvalue weighted by Gasteiger charge is 2.19. The first-order valence-corrected chi connectivity index (χ1v) is 7.57. The third-order valence-corrected chi connectivity index (χ3v) is 3.46. The van der Waals surface area contributed by atoms with Crippen LogP contribution in [0.25, 0.3) is 0 Å². The number of Topliss-reactive ketones (excluding diaryl/α,β-unsaturated/α-hetero) is 1. The Morgan fingerprint density at radius 1 is 1.13 bits per heavy atom. The van der Waals surface area contributed by atoms with Crippen molar-refractivity contribution >= 4 is 17.2 Å². The summed E-state index contributed by atoms with van der Waals surface area (Å²) in [5.74, 6) is 0.283. The number of benzene rings is 2. The number of hydrogen-bond acceptors (Lipinski definition) is 4. The molecular formula is C18H20N2O3. The van der Waals surface area contributed by atoms with E-state index in [0.29, 0.717) is 29.3 Å². The summed E-state index contributed by atoms with van der Waals surface area (Å²) >= 11 is 0. The lowest BCUT2D eigenvalue weighted by Crippen LogP contribution is -2.13. The van der Waals surface area contributed by atoms with Crippen molar-refractivity contribution in [3.63, 3.8) is 0 Å². The zero-order valence-corrected chi connectivity index (χ0v) is 13.3. The molecule has 0 aliphatic rings. The molecule has 0 saturated carbocycles. The van der Waals surface area contributed by atoms with E-state index >= 15 is 0 Å². The summed E-state index contributed by atoms with van der Waals surface area (Å²) in [7, 11) is 0. The summed E-state index contributed by atoms with van der Waals surface area (Å²) < 4.78 is 0. The summed E-state index contributed by atoms with van der Waals surface area (Å²) in [5, 5.41) is 14.4. The summed E-state index contributed by atoms with van der Waals surface area (Å²) in [4.78, 5) is 23.2. The first-order valence-electron chi connectivity index (χ1n) is 7.57. The minimum absolute atomic E-state index is 0.00371. The van der Waals surface area contributed by atoms with Crippen molar-refractivity contribution in [2.45, 2.75) is 20.3 Å². The van der Waals surface area contributed by atoms with Gasteiger partial charge in [-0.2, -0.15) is 0 Å². The SMILES string of the molecule is CC(C)CNc1c(CC(=O)c2ccccc2)cccc1[N+](=O)[O-]. The maximum atomic E-state index is 12.4. The molecule has 0 spiro atoms. The maximum absolute atomic E-state index is 12.4. The number of nitrogens with zero attached hydrogens (tertiary/aromatic N) is 1. The van der Waals surface area contributed by atoms with E-state index in [1.165, 1.54) is 6.07 Å². The van der Waals surface area contributed by atoms with Crippen LogP contribution >= 0.6 is 0 Å². The molecule has 0 unspecified atom stereocenters. The van der Waals surface area contributed by atoms with E-state index in [9.17, 15) is 14.9 Å². The Bertz CT molecular complexity index is 697. The van der Waals surface area contributed by atoms with Gasteiger partial charge in [0.1, 0.15) is 5.69 Å². The minimum Gasteiger partial charge on any atom is -0.379 e. The Morgan fingerprint density at radius 3 is 2.43 bits per heavy atom. The van der Waals surface area contributed by atoms with Crippen LogP contribution < -0.4 is 5.32 Å². The second kappa shape index (κ2) is 7.54. The van der Waals surface area contributed by atoms with Crippen LogP contribution in [0, 0.1) is 16.0 Å². The second-order valence-corrected chi connectivity index (χ2v) is 5.81. The summed E-state index contributed by atoms with van der Waals surface area (Å²) in [6, 6.07) is 13.8. The Morgan fingerprint density at radius 2 is 1.83 bits per heavy atom. The van der Waals surface area contributed by atoms with Gasteiger partial charge in [0, 0.05) is 24.6 Å². The quantitative estimate of drug-likeness (QED) is 0.475. The lowest BCUT2D eigenvalue weighted by molar-refractivity contribution is -0.384. The molecule has 2 aromatic rings. The van der Waals surface area contributed by atoms with Crippen molar-refractivity contribution in [1.82, 2.24) is 0 Å². The smallest absolute Gasteiger partial charge is 0.292 e. The summed E-state index contributed by atoms with van der Waals surface area (Å²) in [6.07, 6.45) is 0.131. The van der Waals surface area contributed by atoms with E-state index in [1.54, 1.807) is 36.4 Å². The molecule has 0 bridgehead atoms. The van der Waals surface area contributed by atoms with Crippen LogP contribution in [0.15, 0.2) is 48.5 Å². The molecule has 0 aliphatic heterocycles. The third kappa shape index (κ3) is 4.39. The molecule has 0 radical (unpaired) electrons. The summed E-state index contributed by atoms with van der Waals surface area (Å²) in [6.45, 7) is 4.66. The molecule has 0 aliphatic carbocycles. The maximum Gasteiger partial charge on any atom is 0.292 e. The molecule has 2 rings (SSSR count). The number of rotatable bonds is 7. The van der Waals surface area contributed by atoms with Gasteiger partial charge in [-0.1, -0.05) is 56.3 Å². The van der Waals surface area contributed by atoms with Crippen LogP contribution in [0.3, 0.4) is 0 Å². The Balaban J connectivity index is 2.31. The van der Waals surface area contributed by atoms with Crippen molar-refractivity contribution in [3.8, 4) is 0 Å². The number of nitrogens with one attached hydrogen (secondary N) is 1. The number of hydrogen-bond donors (Lipinski definition) is 1. The highest BCUT2D eigenvalue weighted by molar-refractivity contribution is 5.98. The molecule has 120 valence electrons. The highest BCUT2D eigenvalue weighted by atomic mass is 16.6. The minimum atomic E-state index is -0.418. The normalized spacial score (nSPS) is 10.6. The fraction of sp³-hybridized carbons (Fsp3) is 0.278. The number of nitro benzene ring substituents is 1. The molecule has 5 nitrogen and oxygen atoms in total. The van der Waals surface area contributed by atoms with E-state index in [1.807, 2.05) is 19.9 Å². The summed E-state index contributed by atoms with van der Waals surface area (Å²) in [5.41, 5.74) is 1.70. The molecule has 1 N–H and O–H groups in total. The van der Waals surface area contributed by atoms with Gasteiger partial charge in [-0.25, -0.2) is 0 Å². The zero-order valence-electron chi connectivity index (χ0n) is 13.3. The molecule has 0 heterocycles. The van der Waals surface area contributed by atoms with Gasteiger partial charge in [-0.15, -0.1) is 0 Å².